The van der Waals surface area contributed by atoms with Crippen LogP contribution in [0, 0.1) is 5.82 Å². The van der Waals surface area contributed by atoms with E-state index in [1.807, 2.05) is 6.07 Å². The van der Waals surface area contributed by atoms with Gasteiger partial charge in [0.1, 0.15) is 5.82 Å². The number of aromatic amines is 1. The van der Waals surface area contributed by atoms with E-state index >= 15 is 0 Å². The third kappa shape index (κ3) is 3.23. The molecule has 0 saturated heterocycles. The number of nitrogens with one attached hydrogen (secondary N) is 2. The maximum Gasteiger partial charge on any atom is 0.337 e. The Labute approximate surface area is 154 Å². The summed E-state index contributed by atoms with van der Waals surface area (Å²) in [7, 11) is 1.34. The number of halogens is 1. The summed E-state index contributed by atoms with van der Waals surface area (Å²) in [5, 5.41) is 3.62. The van der Waals surface area contributed by atoms with Crippen LogP contribution in [0.3, 0.4) is 0 Å². The van der Waals surface area contributed by atoms with Crippen LogP contribution in [0.4, 0.5) is 14.9 Å². The number of rotatable bonds is 2. The minimum absolute atomic E-state index is 0.287. The van der Waals surface area contributed by atoms with Gasteiger partial charge in [0, 0.05) is 47.4 Å². The average molecular weight is 367 g/mol. The summed E-state index contributed by atoms with van der Waals surface area (Å²) < 4.78 is 18.1. The van der Waals surface area contributed by atoms with Gasteiger partial charge in [0.05, 0.1) is 12.7 Å². The Hall–Kier alpha value is -3.35. The van der Waals surface area contributed by atoms with Crippen molar-refractivity contribution in [1.82, 2.24) is 9.88 Å². The van der Waals surface area contributed by atoms with Gasteiger partial charge < -0.3 is 19.9 Å². The Morgan fingerprint density at radius 2 is 2.07 bits per heavy atom. The van der Waals surface area contributed by atoms with E-state index in [1.165, 1.54) is 19.2 Å². The lowest BCUT2D eigenvalue weighted by Gasteiger charge is -2.27. The molecule has 0 unspecified atom stereocenters. The number of methoxy groups -OCH3 is 1. The third-order valence-electron chi connectivity index (χ3n) is 4.76. The van der Waals surface area contributed by atoms with Crippen LogP contribution in [-0.4, -0.2) is 35.5 Å². The molecule has 3 aromatic rings. The Bertz CT molecular complexity index is 1040. The number of aromatic nitrogens is 1. The molecule has 1 aromatic heterocycles. The Balaban J connectivity index is 1.59. The van der Waals surface area contributed by atoms with Gasteiger partial charge in [0.15, 0.2) is 0 Å². The van der Waals surface area contributed by atoms with E-state index in [-0.39, 0.29) is 6.03 Å². The minimum atomic E-state index is -0.402. The number of nitrogens with zero attached hydrogens (tertiary/aromatic N) is 1. The van der Waals surface area contributed by atoms with Crippen LogP contribution >= 0.6 is 0 Å². The highest BCUT2D eigenvalue weighted by Gasteiger charge is 2.24. The Morgan fingerprint density at radius 3 is 2.85 bits per heavy atom. The van der Waals surface area contributed by atoms with Gasteiger partial charge >= 0.3 is 12.0 Å². The van der Waals surface area contributed by atoms with Crippen molar-refractivity contribution in [3.05, 3.63) is 65.1 Å². The fourth-order valence-electron chi connectivity index (χ4n) is 3.40. The smallest absolute Gasteiger partial charge is 0.337 e. The summed E-state index contributed by atoms with van der Waals surface area (Å²) >= 11 is 0. The zero-order valence-electron chi connectivity index (χ0n) is 14.7. The molecule has 1 aliphatic rings. The number of esters is 1. The zero-order chi connectivity index (χ0) is 19.0. The molecule has 6 nitrogen and oxygen atoms in total. The summed E-state index contributed by atoms with van der Waals surface area (Å²) in [4.78, 5) is 29.4. The predicted molar refractivity (Wildman–Crippen MR) is 99.2 cm³/mol. The van der Waals surface area contributed by atoms with Gasteiger partial charge in [-0.3, -0.25) is 0 Å². The summed E-state index contributed by atoms with van der Waals surface area (Å²) in [6.45, 7) is 0.950. The molecule has 138 valence electrons. The molecule has 2 amide bonds. The predicted octanol–water partition coefficient (Wildman–Crippen LogP) is 3.68. The highest BCUT2D eigenvalue weighted by atomic mass is 19.1. The lowest BCUT2D eigenvalue weighted by Crippen LogP contribution is -2.38. The summed E-state index contributed by atoms with van der Waals surface area (Å²) in [6, 6.07) is 10.9. The molecule has 0 saturated carbocycles. The maximum absolute atomic E-state index is 13.3. The molecular weight excluding hydrogens is 349 g/mol. The molecule has 27 heavy (non-hydrogen) atoms. The molecule has 2 N–H and O–H groups in total. The third-order valence-corrected chi connectivity index (χ3v) is 4.76. The maximum atomic E-state index is 13.3. The molecule has 0 fully saturated rings. The summed E-state index contributed by atoms with van der Waals surface area (Å²) in [5.74, 6) is -0.802. The van der Waals surface area contributed by atoms with Gasteiger partial charge in [0.25, 0.3) is 0 Å². The van der Waals surface area contributed by atoms with Gasteiger partial charge in [-0.05, 0) is 36.4 Å². The molecule has 2 aromatic carbocycles. The minimum Gasteiger partial charge on any atom is -0.465 e. The van der Waals surface area contributed by atoms with Crippen molar-refractivity contribution >= 4 is 28.6 Å². The van der Waals surface area contributed by atoms with E-state index in [1.54, 1.807) is 29.2 Å². The van der Waals surface area contributed by atoms with E-state index in [4.69, 9.17) is 4.74 Å². The first-order valence-electron chi connectivity index (χ1n) is 8.58. The van der Waals surface area contributed by atoms with E-state index in [0.717, 1.165) is 22.2 Å². The van der Waals surface area contributed by atoms with Gasteiger partial charge in [-0.2, -0.15) is 0 Å². The number of carbonyl (C=O) groups excluding carboxylic acids is 2. The van der Waals surface area contributed by atoms with E-state index in [0.29, 0.717) is 30.8 Å². The van der Waals surface area contributed by atoms with Crippen molar-refractivity contribution in [2.24, 2.45) is 0 Å². The van der Waals surface area contributed by atoms with Crippen molar-refractivity contribution in [1.29, 1.82) is 0 Å². The van der Waals surface area contributed by atoms with Crippen molar-refractivity contribution < 1.29 is 18.7 Å². The second-order valence-corrected chi connectivity index (χ2v) is 6.45. The van der Waals surface area contributed by atoms with Crippen molar-refractivity contribution in [2.45, 2.75) is 13.0 Å². The first-order valence-corrected chi connectivity index (χ1v) is 8.58. The monoisotopic (exact) mass is 367 g/mol. The highest BCUT2D eigenvalue weighted by Crippen LogP contribution is 2.29. The number of hydrogen-bond acceptors (Lipinski definition) is 3. The number of ether oxygens (including phenoxy) is 1. The molecule has 0 radical (unpaired) electrons. The number of benzene rings is 2. The number of hydrogen-bond donors (Lipinski definition) is 2. The SMILES string of the molecule is COC(=O)c1ccc2[nH]c3c(c2c1)CN(C(=O)Nc1cccc(F)c1)CC3. The normalized spacial score (nSPS) is 13.3. The molecule has 7 heteroatoms. The van der Waals surface area contributed by atoms with Crippen LogP contribution in [0.5, 0.6) is 0 Å². The molecule has 0 bridgehead atoms. The Kier molecular flexibility index (Phi) is 4.27. The molecule has 2 heterocycles. The lowest BCUT2D eigenvalue weighted by atomic mass is 10.0. The molecule has 1 aliphatic heterocycles. The topological polar surface area (TPSA) is 74.4 Å². The number of H-pyrrole nitrogens is 1. The number of amides is 2. The number of fused-ring (bicyclic) bond motifs is 3. The van der Waals surface area contributed by atoms with Crippen LogP contribution in [0.25, 0.3) is 10.9 Å². The van der Waals surface area contributed by atoms with Gasteiger partial charge in [-0.15, -0.1) is 0 Å². The number of urea groups is 1. The van der Waals surface area contributed by atoms with Crippen molar-refractivity contribution in [2.75, 3.05) is 19.0 Å². The summed E-state index contributed by atoms with van der Waals surface area (Å²) in [6.07, 6.45) is 0.675. The molecule has 4 rings (SSSR count). The van der Waals surface area contributed by atoms with Crippen molar-refractivity contribution in [3.8, 4) is 0 Å². The lowest BCUT2D eigenvalue weighted by molar-refractivity contribution is 0.0601. The zero-order valence-corrected chi connectivity index (χ0v) is 14.7. The summed E-state index contributed by atoms with van der Waals surface area (Å²) in [5.41, 5.74) is 3.84. The highest BCUT2D eigenvalue weighted by molar-refractivity contribution is 5.96. The van der Waals surface area contributed by atoms with E-state index < -0.39 is 11.8 Å². The number of anilines is 1. The van der Waals surface area contributed by atoms with Gasteiger partial charge in [-0.25, -0.2) is 14.0 Å². The van der Waals surface area contributed by atoms with Crippen LogP contribution in [0.15, 0.2) is 42.5 Å². The molecule has 0 spiro atoms. The van der Waals surface area contributed by atoms with Gasteiger partial charge in [-0.1, -0.05) is 6.07 Å². The molecular formula is C20H18FN3O3. The average Bonchev–Trinajstić information content (AvgIpc) is 3.04. The van der Waals surface area contributed by atoms with Crippen LogP contribution in [0.1, 0.15) is 21.6 Å². The van der Waals surface area contributed by atoms with Crippen LogP contribution in [-0.2, 0) is 17.7 Å². The fraction of sp³-hybridized carbons (Fsp3) is 0.200. The van der Waals surface area contributed by atoms with Crippen LogP contribution < -0.4 is 5.32 Å². The standard InChI is InChI=1S/C20H18FN3O3/c1-27-19(25)12-5-6-17-15(9-12)16-11-24(8-7-18(16)23-17)20(26)22-14-4-2-3-13(21)10-14/h2-6,9-10,23H,7-8,11H2,1H3,(H,22,26). The van der Waals surface area contributed by atoms with Gasteiger partial charge in [0.2, 0.25) is 0 Å². The second-order valence-electron chi connectivity index (χ2n) is 6.45. The first-order chi connectivity index (χ1) is 13.0. The molecule has 0 atom stereocenters. The number of carbonyl (C=O) groups is 2. The van der Waals surface area contributed by atoms with E-state index in [2.05, 4.69) is 10.3 Å². The van der Waals surface area contributed by atoms with E-state index in [9.17, 15) is 14.0 Å². The van der Waals surface area contributed by atoms with Crippen LogP contribution in [0.2, 0.25) is 0 Å². The largest absolute Gasteiger partial charge is 0.465 e. The Morgan fingerprint density at radius 1 is 1.22 bits per heavy atom. The molecule has 0 aliphatic carbocycles. The second kappa shape index (κ2) is 6.75. The fourth-order valence-corrected chi connectivity index (χ4v) is 3.40. The first kappa shape index (κ1) is 17.1. The van der Waals surface area contributed by atoms with Crippen molar-refractivity contribution in [3.63, 3.8) is 0 Å². The quantitative estimate of drug-likeness (QED) is 0.679.